The second kappa shape index (κ2) is 17.7. The maximum atomic E-state index is 12.1. The third kappa shape index (κ3) is 10.7. The first-order chi connectivity index (χ1) is 24.6. The van der Waals surface area contributed by atoms with Gasteiger partial charge in [0.2, 0.25) is 0 Å². The normalized spacial score (nSPS) is 11.5. The molecule has 0 aliphatic carbocycles. The molecule has 0 aromatic heterocycles. The number of benzene rings is 5. The van der Waals surface area contributed by atoms with Gasteiger partial charge in [0.05, 0.1) is 4.90 Å². The molecule has 5 aromatic carbocycles. The Bertz CT molecular complexity index is 1980. The molecule has 51 heavy (non-hydrogen) atoms. The Morgan fingerprint density at radius 2 is 1.43 bits per heavy atom. The number of unbranched alkanes of at least 4 members (excludes halogenated alkanes) is 2. The summed E-state index contributed by atoms with van der Waals surface area (Å²) in [5, 5.41) is 10.8. The van der Waals surface area contributed by atoms with Crippen molar-refractivity contribution in [3.05, 3.63) is 115 Å². The fourth-order valence-electron chi connectivity index (χ4n) is 5.73. The van der Waals surface area contributed by atoms with Crippen molar-refractivity contribution >= 4 is 26.7 Å². The highest BCUT2D eigenvalue weighted by Crippen LogP contribution is 2.41. The summed E-state index contributed by atoms with van der Waals surface area (Å²) < 4.78 is 43.0. The van der Waals surface area contributed by atoms with Crippen LogP contribution in [0.3, 0.4) is 0 Å². The zero-order valence-electron chi connectivity index (χ0n) is 29.5. The predicted octanol–water partition coefficient (Wildman–Crippen LogP) is 8.76. The molecule has 0 spiro atoms. The molecular formula is C41H46N2O7S. The number of hydrogen-bond donors (Lipinski definition) is 1. The zero-order chi connectivity index (χ0) is 36.2. The van der Waals surface area contributed by atoms with Crippen molar-refractivity contribution in [3.63, 3.8) is 0 Å². The molecule has 10 heteroatoms. The van der Waals surface area contributed by atoms with Crippen LogP contribution in [0.15, 0.2) is 114 Å². The van der Waals surface area contributed by atoms with Crippen molar-refractivity contribution in [1.29, 1.82) is 0 Å². The van der Waals surface area contributed by atoms with Crippen LogP contribution in [-0.2, 0) is 16.4 Å². The summed E-state index contributed by atoms with van der Waals surface area (Å²) in [5.74, 6) is 2.77. The summed E-state index contributed by atoms with van der Waals surface area (Å²) in [4.78, 5) is 14.9. The molecule has 0 aliphatic rings. The molecule has 0 unspecified atom stereocenters. The van der Waals surface area contributed by atoms with E-state index in [9.17, 15) is 13.2 Å². The van der Waals surface area contributed by atoms with E-state index in [1.54, 1.807) is 31.3 Å². The molecule has 5 rings (SSSR count). The Balaban J connectivity index is 1.27. The largest absolute Gasteiger partial charge is 0.492 e. The number of likely N-dealkylation sites (N-methyl/N-ethyl adjacent to an activating group) is 1. The molecule has 268 valence electrons. The molecule has 9 nitrogen and oxygen atoms in total. The van der Waals surface area contributed by atoms with Gasteiger partial charge in [0.15, 0.2) is 9.84 Å². The number of hydrogen-bond acceptors (Lipinski definition) is 7. The van der Waals surface area contributed by atoms with Crippen molar-refractivity contribution in [2.45, 2.75) is 37.7 Å². The van der Waals surface area contributed by atoms with Crippen LogP contribution in [-0.4, -0.2) is 75.5 Å². The highest BCUT2D eigenvalue weighted by Gasteiger charge is 2.15. The lowest BCUT2D eigenvalue weighted by molar-refractivity contribution is 0.154. The standard InChI is InChI=1S/C41H46N2O7S/c1-4-43(26-10-6-9-25-42(2)41(44)45)27-28-48-34-16-18-35(19-17-34)50-40-38(32-13-21-37(22-14-32)51(3,46)47)23-15-33-29-36(20-24-39(33)40)49-30-31-11-7-5-8-12-31/h5,7-8,11-24,29H,4,6,9-10,25-28,30H2,1-3H3,(H,44,45). The Hall–Kier alpha value is -5.06. The van der Waals surface area contributed by atoms with Gasteiger partial charge in [-0.2, -0.15) is 0 Å². The van der Waals surface area contributed by atoms with E-state index in [-0.39, 0.29) is 4.90 Å². The van der Waals surface area contributed by atoms with E-state index in [1.165, 1.54) is 11.2 Å². The van der Waals surface area contributed by atoms with E-state index in [4.69, 9.17) is 19.3 Å². The molecule has 0 heterocycles. The van der Waals surface area contributed by atoms with Gasteiger partial charge < -0.3 is 29.1 Å². The van der Waals surface area contributed by atoms with Crippen molar-refractivity contribution in [2.75, 3.05) is 46.1 Å². The third-order valence-electron chi connectivity index (χ3n) is 8.75. The number of sulfone groups is 1. The van der Waals surface area contributed by atoms with Gasteiger partial charge in [-0.05, 0) is 103 Å². The summed E-state index contributed by atoms with van der Waals surface area (Å²) in [6.45, 7) is 6.32. The van der Waals surface area contributed by atoms with Crippen LogP contribution in [0.25, 0.3) is 21.9 Å². The highest BCUT2D eigenvalue weighted by atomic mass is 32.2. The molecule has 1 amide bonds. The van der Waals surface area contributed by atoms with Gasteiger partial charge in [-0.15, -0.1) is 0 Å². The van der Waals surface area contributed by atoms with Crippen molar-refractivity contribution in [1.82, 2.24) is 9.80 Å². The molecule has 0 fully saturated rings. The minimum Gasteiger partial charge on any atom is -0.492 e. The van der Waals surface area contributed by atoms with Crippen LogP contribution in [0.1, 0.15) is 31.7 Å². The first kappa shape index (κ1) is 37.2. The van der Waals surface area contributed by atoms with Gasteiger partial charge in [-0.3, -0.25) is 0 Å². The minimum atomic E-state index is -3.33. The lowest BCUT2D eigenvalue weighted by Gasteiger charge is -2.21. The van der Waals surface area contributed by atoms with Gasteiger partial charge >= 0.3 is 6.09 Å². The van der Waals surface area contributed by atoms with Gasteiger partial charge in [0, 0.05) is 37.3 Å². The quantitative estimate of drug-likeness (QED) is 0.0901. The monoisotopic (exact) mass is 710 g/mol. The van der Waals surface area contributed by atoms with Crippen LogP contribution in [0.5, 0.6) is 23.0 Å². The van der Waals surface area contributed by atoms with E-state index in [0.717, 1.165) is 77.9 Å². The molecule has 0 bridgehead atoms. The number of rotatable bonds is 18. The SMILES string of the molecule is CCN(CCCCCN(C)C(=O)O)CCOc1ccc(Oc2c(-c3ccc(S(C)(=O)=O)cc3)ccc3cc(OCc4ccccc4)ccc23)cc1. The fourth-order valence-corrected chi connectivity index (χ4v) is 6.36. The number of amides is 1. The van der Waals surface area contributed by atoms with Crippen molar-refractivity contribution in [3.8, 4) is 34.1 Å². The lowest BCUT2D eigenvalue weighted by Crippen LogP contribution is -2.29. The molecule has 5 aromatic rings. The molecule has 0 saturated heterocycles. The summed E-state index contributed by atoms with van der Waals surface area (Å²) in [5.41, 5.74) is 2.74. The Morgan fingerprint density at radius 1 is 0.745 bits per heavy atom. The van der Waals surface area contributed by atoms with E-state index >= 15 is 0 Å². The number of ether oxygens (including phenoxy) is 3. The average molecular weight is 711 g/mol. The van der Waals surface area contributed by atoms with Crippen LogP contribution < -0.4 is 14.2 Å². The van der Waals surface area contributed by atoms with Gasteiger partial charge in [0.1, 0.15) is 36.2 Å². The number of carbonyl (C=O) groups is 1. The first-order valence-corrected chi connectivity index (χ1v) is 19.1. The Kier molecular flexibility index (Phi) is 12.9. The summed E-state index contributed by atoms with van der Waals surface area (Å²) in [6.07, 6.45) is 3.15. The lowest BCUT2D eigenvalue weighted by atomic mass is 9.99. The molecule has 0 aliphatic heterocycles. The average Bonchev–Trinajstić information content (AvgIpc) is 3.13. The maximum absolute atomic E-state index is 12.1. The van der Waals surface area contributed by atoms with E-state index in [0.29, 0.717) is 31.3 Å². The maximum Gasteiger partial charge on any atom is 0.407 e. The molecule has 0 radical (unpaired) electrons. The van der Waals surface area contributed by atoms with Gasteiger partial charge in [0.25, 0.3) is 0 Å². The van der Waals surface area contributed by atoms with Gasteiger partial charge in [-0.1, -0.05) is 61.9 Å². The van der Waals surface area contributed by atoms with E-state index in [2.05, 4.69) is 11.8 Å². The van der Waals surface area contributed by atoms with Crippen molar-refractivity contribution < 1.29 is 32.5 Å². The fraction of sp³-hybridized carbons (Fsp3) is 0.293. The summed E-state index contributed by atoms with van der Waals surface area (Å²) in [7, 11) is -1.73. The number of nitrogens with zero attached hydrogens (tertiary/aromatic N) is 2. The van der Waals surface area contributed by atoms with Crippen LogP contribution in [0.2, 0.25) is 0 Å². The van der Waals surface area contributed by atoms with Crippen LogP contribution in [0.4, 0.5) is 4.79 Å². The zero-order valence-corrected chi connectivity index (χ0v) is 30.3. The van der Waals surface area contributed by atoms with Crippen molar-refractivity contribution in [2.24, 2.45) is 0 Å². The summed E-state index contributed by atoms with van der Waals surface area (Å²) in [6, 6.07) is 34.3. The third-order valence-corrected chi connectivity index (χ3v) is 9.87. The number of carboxylic acid groups (broad SMARTS) is 1. The molecule has 0 saturated carbocycles. The number of fused-ring (bicyclic) bond motifs is 1. The Morgan fingerprint density at radius 3 is 2.12 bits per heavy atom. The molecule has 1 N–H and O–H groups in total. The second-order valence-corrected chi connectivity index (χ2v) is 14.5. The topological polar surface area (TPSA) is 106 Å². The van der Waals surface area contributed by atoms with Gasteiger partial charge in [-0.25, -0.2) is 13.2 Å². The van der Waals surface area contributed by atoms with E-state index < -0.39 is 15.9 Å². The van der Waals surface area contributed by atoms with Crippen LogP contribution in [0, 0.1) is 0 Å². The second-order valence-electron chi connectivity index (χ2n) is 12.5. The molecular weight excluding hydrogens is 665 g/mol. The van der Waals surface area contributed by atoms with E-state index in [1.807, 2.05) is 84.9 Å². The highest BCUT2D eigenvalue weighted by molar-refractivity contribution is 7.90. The Labute approximate surface area is 300 Å². The smallest absolute Gasteiger partial charge is 0.407 e. The molecule has 0 atom stereocenters. The summed E-state index contributed by atoms with van der Waals surface area (Å²) >= 11 is 0. The van der Waals surface area contributed by atoms with Crippen LogP contribution >= 0.6 is 0 Å². The minimum absolute atomic E-state index is 0.258. The first-order valence-electron chi connectivity index (χ1n) is 17.2. The predicted molar refractivity (Wildman–Crippen MR) is 202 cm³/mol.